The topological polar surface area (TPSA) is 34.1 Å². The highest BCUT2D eigenvalue weighted by molar-refractivity contribution is 7.26. The molecule has 0 aliphatic heterocycles. The first kappa shape index (κ1) is 11.7. The van der Waals surface area contributed by atoms with Crippen molar-refractivity contribution in [3.63, 3.8) is 0 Å². The van der Waals surface area contributed by atoms with Crippen molar-refractivity contribution in [2.24, 2.45) is 0 Å². The molecule has 84 valence electrons. The third-order valence-corrected chi connectivity index (χ3v) is 3.27. The van der Waals surface area contributed by atoms with E-state index in [1.54, 1.807) is 24.3 Å². The van der Waals surface area contributed by atoms with Crippen molar-refractivity contribution < 1.29 is 9.36 Å². The zero-order valence-electron chi connectivity index (χ0n) is 9.11. The van der Waals surface area contributed by atoms with E-state index in [9.17, 15) is 9.36 Å². The second-order valence-electron chi connectivity index (χ2n) is 3.65. The van der Waals surface area contributed by atoms with Crippen LogP contribution in [0.5, 0.6) is 0 Å². The molecular weight excluding hydrogens is 231 g/mol. The molecule has 2 aromatic rings. The van der Waals surface area contributed by atoms with Crippen LogP contribution in [-0.2, 0) is 4.57 Å². The van der Waals surface area contributed by atoms with E-state index in [0.29, 0.717) is 5.56 Å². The van der Waals surface area contributed by atoms with E-state index in [1.807, 2.05) is 36.4 Å². The predicted molar refractivity (Wildman–Crippen MR) is 67.6 cm³/mol. The Hall–Kier alpha value is -1.79. The first-order valence-corrected chi connectivity index (χ1v) is 6.18. The van der Waals surface area contributed by atoms with E-state index in [0.717, 1.165) is 5.56 Å². The molecule has 3 heteroatoms. The average Bonchev–Trinajstić information content (AvgIpc) is 2.42. The highest BCUT2D eigenvalue weighted by atomic mass is 31.1. The number of ketones is 1. The van der Waals surface area contributed by atoms with Crippen molar-refractivity contribution in [3.8, 4) is 0 Å². The number of carbonyl (C=O) groups excluding carboxylic acids is 1. The minimum absolute atomic E-state index is 0.117. The minimum Gasteiger partial charge on any atom is -0.293 e. The summed E-state index contributed by atoms with van der Waals surface area (Å²) in [5.74, 6) is -0.117. The summed E-state index contributed by atoms with van der Waals surface area (Å²) in [6.07, 6.45) is 0. The molecule has 0 saturated heterocycles. The fraction of sp³-hybridized carbons (Fsp3) is 0.0714. The molecule has 0 aliphatic carbocycles. The maximum absolute atomic E-state index is 12.2. The fourth-order valence-corrected chi connectivity index (χ4v) is 2.19. The predicted octanol–water partition coefficient (Wildman–Crippen LogP) is 3.90. The van der Waals surface area contributed by atoms with Crippen LogP contribution < -0.4 is 0 Å². The standard InChI is InChI=1S/C14H11O2P/c15-13(11-7-3-1-4-8-11)14(17-16)12-9-5-2-6-10-12/h1-10,14H. The molecule has 0 amide bonds. The maximum Gasteiger partial charge on any atom is 0.181 e. The summed E-state index contributed by atoms with van der Waals surface area (Å²) in [5, 5.41) is 0. The molecule has 0 fully saturated rings. The molecule has 1 atom stereocenters. The van der Waals surface area contributed by atoms with Crippen molar-refractivity contribution >= 4 is 14.2 Å². The van der Waals surface area contributed by atoms with Gasteiger partial charge < -0.3 is 0 Å². The Bertz CT molecular complexity index is 508. The van der Waals surface area contributed by atoms with Crippen LogP contribution in [0.15, 0.2) is 60.7 Å². The normalized spacial score (nSPS) is 12.2. The van der Waals surface area contributed by atoms with Gasteiger partial charge in [0.05, 0.1) is 0 Å². The number of hydrogen-bond donors (Lipinski definition) is 0. The molecule has 0 bridgehead atoms. The maximum atomic E-state index is 12.2. The van der Waals surface area contributed by atoms with Gasteiger partial charge in [0.1, 0.15) is 5.66 Å². The summed E-state index contributed by atoms with van der Waals surface area (Å²) in [6.45, 7) is 0. The summed E-state index contributed by atoms with van der Waals surface area (Å²) in [6, 6.07) is 18.1. The van der Waals surface area contributed by atoms with Crippen LogP contribution in [0, 0.1) is 0 Å². The van der Waals surface area contributed by atoms with E-state index >= 15 is 0 Å². The Morgan fingerprint density at radius 1 is 0.882 bits per heavy atom. The van der Waals surface area contributed by atoms with Crippen molar-refractivity contribution in [3.05, 3.63) is 71.8 Å². The van der Waals surface area contributed by atoms with Crippen LogP contribution >= 0.6 is 8.46 Å². The van der Waals surface area contributed by atoms with Crippen LogP contribution in [0.1, 0.15) is 21.6 Å². The first-order valence-electron chi connectivity index (χ1n) is 5.29. The molecule has 0 aliphatic rings. The summed E-state index contributed by atoms with van der Waals surface area (Å²) in [7, 11) is -0.170. The molecule has 0 radical (unpaired) electrons. The lowest BCUT2D eigenvalue weighted by Crippen LogP contribution is -2.07. The molecule has 0 heterocycles. The quantitative estimate of drug-likeness (QED) is 0.601. The third kappa shape index (κ3) is 2.66. The van der Waals surface area contributed by atoms with Crippen molar-refractivity contribution in [1.29, 1.82) is 0 Å². The van der Waals surface area contributed by atoms with E-state index in [-0.39, 0.29) is 14.2 Å². The van der Waals surface area contributed by atoms with Gasteiger partial charge in [0.2, 0.25) is 0 Å². The Kier molecular flexibility index (Phi) is 3.79. The zero-order valence-corrected chi connectivity index (χ0v) is 10.0. The highest BCUT2D eigenvalue weighted by Crippen LogP contribution is 2.30. The SMILES string of the molecule is O=PC(C(=O)c1ccccc1)c1ccccc1. The lowest BCUT2D eigenvalue weighted by Gasteiger charge is -2.08. The van der Waals surface area contributed by atoms with Gasteiger partial charge >= 0.3 is 0 Å². The first-order chi connectivity index (χ1) is 8.33. The fourth-order valence-electron chi connectivity index (χ4n) is 1.66. The van der Waals surface area contributed by atoms with Gasteiger partial charge in [-0.15, -0.1) is 0 Å². The van der Waals surface area contributed by atoms with Gasteiger partial charge in [0.25, 0.3) is 0 Å². The number of Topliss-reactive ketones (excluding diaryl/α,β-unsaturated/α-hetero) is 1. The molecule has 0 N–H and O–H groups in total. The molecule has 1 unspecified atom stereocenters. The van der Waals surface area contributed by atoms with Crippen LogP contribution in [-0.4, -0.2) is 5.78 Å². The summed E-state index contributed by atoms with van der Waals surface area (Å²) in [5.41, 5.74) is 0.751. The van der Waals surface area contributed by atoms with Gasteiger partial charge in [-0.3, -0.25) is 9.36 Å². The van der Waals surface area contributed by atoms with Crippen LogP contribution in [0.2, 0.25) is 0 Å². The molecular formula is C14H11O2P. The van der Waals surface area contributed by atoms with Gasteiger partial charge in [-0.2, -0.15) is 0 Å². The molecule has 0 spiro atoms. The van der Waals surface area contributed by atoms with E-state index in [2.05, 4.69) is 0 Å². The minimum atomic E-state index is -0.612. The molecule has 17 heavy (non-hydrogen) atoms. The van der Waals surface area contributed by atoms with Crippen molar-refractivity contribution in [1.82, 2.24) is 0 Å². The average molecular weight is 242 g/mol. The van der Waals surface area contributed by atoms with E-state index < -0.39 is 5.66 Å². The Labute approximate surface area is 101 Å². The summed E-state index contributed by atoms with van der Waals surface area (Å²) in [4.78, 5) is 12.2. The Balaban J connectivity index is 2.32. The molecule has 2 aromatic carbocycles. The van der Waals surface area contributed by atoms with Gasteiger partial charge in [0, 0.05) is 5.56 Å². The third-order valence-electron chi connectivity index (χ3n) is 2.53. The van der Waals surface area contributed by atoms with Crippen LogP contribution in [0.4, 0.5) is 0 Å². The second-order valence-corrected chi connectivity index (χ2v) is 4.38. The summed E-state index contributed by atoms with van der Waals surface area (Å²) >= 11 is 0. The van der Waals surface area contributed by atoms with Crippen molar-refractivity contribution in [2.45, 2.75) is 5.66 Å². The van der Waals surface area contributed by atoms with E-state index in [1.165, 1.54) is 0 Å². The summed E-state index contributed by atoms with van der Waals surface area (Å²) < 4.78 is 11.2. The monoisotopic (exact) mass is 242 g/mol. The molecule has 0 aromatic heterocycles. The lowest BCUT2D eigenvalue weighted by atomic mass is 10.0. The molecule has 0 saturated carbocycles. The van der Waals surface area contributed by atoms with E-state index in [4.69, 9.17) is 0 Å². The van der Waals surface area contributed by atoms with Gasteiger partial charge in [-0.25, -0.2) is 0 Å². The Morgan fingerprint density at radius 2 is 1.41 bits per heavy atom. The van der Waals surface area contributed by atoms with Gasteiger partial charge in [-0.05, 0) is 5.56 Å². The highest BCUT2D eigenvalue weighted by Gasteiger charge is 2.21. The number of rotatable bonds is 4. The van der Waals surface area contributed by atoms with Gasteiger partial charge in [0.15, 0.2) is 14.2 Å². The van der Waals surface area contributed by atoms with Crippen LogP contribution in [0.3, 0.4) is 0 Å². The number of benzene rings is 2. The second kappa shape index (κ2) is 5.51. The van der Waals surface area contributed by atoms with Crippen molar-refractivity contribution in [2.75, 3.05) is 0 Å². The number of carbonyl (C=O) groups is 1. The lowest BCUT2D eigenvalue weighted by molar-refractivity contribution is 0.0988. The molecule has 2 nitrogen and oxygen atoms in total. The number of hydrogen-bond acceptors (Lipinski definition) is 2. The van der Waals surface area contributed by atoms with Gasteiger partial charge in [-0.1, -0.05) is 60.7 Å². The molecule has 2 rings (SSSR count). The Morgan fingerprint density at radius 3 is 1.94 bits per heavy atom. The smallest absolute Gasteiger partial charge is 0.181 e. The largest absolute Gasteiger partial charge is 0.293 e. The van der Waals surface area contributed by atoms with Crippen LogP contribution in [0.25, 0.3) is 0 Å². The zero-order chi connectivity index (χ0) is 12.1.